The molecule has 0 atom stereocenters. The maximum absolute atomic E-state index is 11.0. The summed E-state index contributed by atoms with van der Waals surface area (Å²) in [5.74, 6) is 0.596. The minimum absolute atomic E-state index is 0. The number of aromatic hydroxyl groups is 1. The fourth-order valence-electron chi connectivity index (χ4n) is 6.14. The molecule has 0 spiro atoms. The van der Waals surface area contributed by atoms with Crippen LogP contribution in [0.5, 0.6) is 5.75 Å². The molecule has 0 saturated heterocycles. The quantitative estimate of drug-likeness (QED) is 0.177. The SMILES string of the molecule is [2H]C([2H])([2H])c1cc(-c2[c-]c(-c3ccc(CC)c4cccnc34)ccc2)c2nc(-c3ccccc3O)n(-c3ccc(C(C)(C)C)cc3)c2c1.[Pt]. The number of rotatable bonds is 5. The van der Waals surface area contributed by atoms with Crippen molar-refractivity contribution >= 4 is 21.9 Å². The molecule has 46 heavy (non-hydrogen) atoms. The van der Waals surface area contributed by atoms with Gasteiger partial charge in [0.05, 0.1) is 16.6 Å². The first kappa shape index (κ1) is 27.8. The Morgan fingerprint density at radius 1 is 0.804 bits per heavy atom. The third kappa shape index (κ3) is 5.56. The summed E-state index contributed by atoms with van der Waals surface area (Å²) in [6, 6.07) is 36.5. The molecule has 7 aromatic rings. The predicted octanol–water partition coefficient (Wildman–Crippen LogP) is 10.2. The van der Waals surface area contributed by atoms with Crippen LogP contribution in [0.15, 0.2) is 109 Å². The number of aromatic nitrogens is 3. The molecule has 1 N–H and O–H groups in total. The predicted molar refractivity (Wildman–Crippen MR) is 186 cm³/mol. The van der Waals surface area contributed by atoms with Gasteiger partial charge in [-0.25, -0.2) is 4.98 Å². The second-order valence-electron chi connectivity index (χ2n) is 12.5. The van der Waals surface area contributed by atoms with Gasteiger partial charge in [0.2, 0.25) is 0 Å². The second kappa shape index (κ2) is 12.3. The van der Waals surface area contributed by atoms with Crippen LogP contribution >= 0.6 is 0 Å². The molecular formula is C41H36N3OPt-. The van der Waals surface area contributed by atoms with Gasteiger partial charge in [0, 0.05) is 42.6 Å². The van der Waals surface area contributed by atoms with Crippen molar-refractivity contribution in [3.63, 3.8) is 0 Å². The molecule has 2 aromatic heterocycles. The fraction of sp³-hybridized carbons (Fsp3) is 0.171. The minimum Gasteiger partial charge on any atom is -0.507 e. The van der Waals surface area contributed by atoms with Crippen LogP contribution < -0.4 is 0 Å². The largest absolute Gasteiger partial charge is 0.507 e. The zero-order chi connectivity index (χ0) is 33.8. The molecule has 5 aromatic carbocycles. The summed E-state index contributed by atoms with van der Waals surface area (Å²) >= 11 is 0. The summed E-state index contributed by atoms with van der Waals surface area (Å²) in [6.07, 6.45) is 2.70. The molecule has 5 heteroatoms. The number of nitrogens with zero attached hydrogens (tertiary/aromatic N) is 3. The van der Waals surface area contributed by atoms with Crippen LogP contribution in [0.4, 0.5) is 0 Å². The molecule has 4 nitrogen and oxygen atoms in total. The summed E-state index contributed by atoms with van der Waals surface area (Å²) in [6.45, 7) is 6.26. The molecule has 0 aliphatic heterocycles. The minimum atomic E-state index is -2.38. The Bertz CT molecular complexity index is 2320. The molecule has 0 aliphatic carbocycles. The number of phenols is 1. The molecule has 0 fully saturated rings. The Hall–Kier alpha value is -4.53. The van der Waals surface area contributed by atoms with Crippen molar-refractivity contribution in [1.29, 1.82) is 0 Å². The second-order valence-corrected chi connectivity index (χ2v) is 12.5. The first-order valence-corrected chi connectivity index (χ1v) is 15.3. The summed E-state index contributed by atoms with van der Waals surface area (Å²) < 4.78 is 27.2. The number of imidazole rings is 1. The van der Waals surface area contributed by atoms with Gasteiger partial charge in [0.25, 0.3) is 0 Å². The number of benzene rings is 5. The number of aryl methyl sites for hydroxylation is 2. The maximum Gasteiger partial charge on any atom is 0.148 e. The van der Waals surface area contributed by atoms with E-state index in [4.69, 9.17) is 14.1 Å². The number of pyridine rings is 1. The number of para-hydroxylation sites is 1. The van der Waals surface area contributed by atoms with E-state index in [1.165, 1.54) is 11.1 Å². The first-order chi connectivity index (χ1) is 22.9. The van der Waals surface area contributed by atoms with Crippen LogP contribution in [0.1, 0.15) is 48.5 Å². The van der Waals surface area contributed by atoms with Crippen molar-refractivity contribution in [2.45, 2.75) is 46.4 Å². The summed E-state index contributed by atoms with van der Waals surface area (Å²) in [5.41, 5.74) is 9.19. The molecule has 7 rings (SSSR count). The number of fused-ring (bicyclic) bond motifs is 2. The van der Waals surface area contributed by atoms with Crippen LogP contribution in [0.25, 0.3) is 61.3 Å². The average molecular weight is 785 g/mol. The molecule has 0 aliphatic rings. The molecule has 0 amide bonds. The van der Waals surface area contributed by atoms with Crippen molar-refractivity contribution in [1.82, 2.24) is 14.5 Å². The molecule has 0 radical (unpaired) electrons. The number of phenolic OH excluding ortho intramolecular Hbond substituents is 1. The third-order valence-electron chi connectivity index (χ3n) is 8.51. The van der Waals surface area contributed by atoms with Crippen molar-refractivity contribution in [3.05, 3.63) is 132 Å². The van der Waals surface area contributed by atoms with Gasteiger partial charge in [-0.1, -0.05) is 92.9 Å². The van der Waals surface area contributed by atoms with E-state index in [1.54, 1.807) is 30.5 Å². The zero-order valence-corrected chi connectivity index (χ0v) is 28.5. The van der Waals surface area contributed by atoms with Gasteiger partial charge >= 0.3 is 0 Å². The average Bonchev–Trinajstić information content (AvgIpc) is 3.46. The Kier molecular flexibility index (Phi) is 7.45. The van der Waals surface area contributed by atoms with Gasteiger partial charge in [0.1, 0.15) is 11.6 Å². The van der Waals surface area contributed by atoms with Gasteiger partial charge < -0.3 is 5.11 Å². The van der Waals surface area contributed by atoms with Crippen molar-refractivity contribution in [3.8, 4) is 45.1 Å². The Morgan fingerprint density at radius 2 is 1.57 bits per heavy atom. The van der Waals surface area contributed by atoms with Gasteiger partial charge in [-0.3, -0.25) is 9.55 Å². The van der Waals surface area contributed by atoms with E-state index in [0.717, 1.165) is 34.1 Å². The summed E-state index contributed by atoms with van der Waals surface area (Å²) in [7, 11) is 0. The van der Waals surface area contributed by atoms with Gasteiger partial charge in [-0.2, -0.15) is 0 Å². The zero-order valence-electron chi connectivity index (χ0n) is 29.2. The monoisotopic (exact) mass is 784 g/mol. The normalized spacial score (nSPS) is 12.8. The molecule has 0 bridgehead atoms. The van der Waals surface area contributed by atoms with Crippen molar-refractivity contribution in [2.75, 3.05) is 0 Å². The van der Waals surface area contributed by atoms with Crippen LogP contribution in [0.3, 0.4) is 0 Å². The smallest absolute Gasteiger partial charge is 0.148 e. The van der Waals surface area contributed by atoms with Crippen molar-refractivity contribution < 1.29 is 30.3 Å². The third-order valence-corrected chi connectivity index (χ3v) is 8.51. The van der Waals surface area contributed by atoms with Crippen LogP contribution in [0.2, 0.25) is 0 Å². The molecule has 2 heterocycles. The van der Waals surface area contributed by atoms with Crippen LogP contribution in [0, 0.1) is 12.9 Å². The first-order valence-electron chi connectivity index (χ1n) is 16.8. The van der Waals surface area contributed by atoms with E-state index in [0.29, 0.717) is 33.5 Å². The summed E-state index contributed by atoms with van der Waals surface area (Å²) in [5, 5.41) is 12.1. The topological polar surface area (TPSA) is 50.9 Å². The molecule has 0 saturated carbocycles. The van der Waals surface area contributed by atoms with Crippen LogP contribution in [-0.2, 0) is 32.9 Å². The maximum atomic E-state index is 11.0. The van der Waals surface area contributed by atoms with E-state index >= 15 is 0 Å². The van der Waals surface area contributed by atoms with Crippen LogP contribution in [-0.4, -0.2) is 19.6 Å². The Morgan fingerprint density at radius 3 is 2.28 bits per heavy atom. The molecular weight excluding hydrogens is 746 g/mol. The Balaban J connectivity index is 0.00000417. The van der Waals surface area contributed by atoms with E-state index in [9.17, 15) is 5.11 Å². The Labute approximate surface area is 289 Å². The molecule has 0 unspecified atom stereocenters. The van der Waals surface area contributed by atoms with Gasteiger partial charge in [0.15, 0.2) is 0 Å². The van der Waals surface area contributed by atoms with E-state index in [2.05, 4.69) is 64.1 Å². The van der Waals surface area contributed by atoms with Gasteiger partial charge in [-0.15, -0.1) is 35.4 Å². The standard InChI is InChI=1S/C41H36N3O.Pt/c1-6-27-16-21-33(38-32(27)14-10-22-42-38)28-11-9-12-29(25-28)35-23-26(2)24-36-39(35)43-40(34-13-7-8-15-37(34)45)44(36)31-19-17-30(18-20-31)41(3,4)5;/h7-24,45H,6H2,1-5H3;/q-1;/i2D3;. The van der Waals surface area contributed by atoms with Crippen molar-refractivity contribution in [2.24, 2.45) is 0 Å². The molecule has 232 valence electrons. The van der Waals surface area contributed by atoms with E-state index in [-0.39, 0.29) is 37.8 Å². The van der Waals surface area contributed by atoms with E-state index < -0.39 is 6.85 Å². The van der Waals surface area contributed by atoms with E-state index in [1.807, 2.05) is 53.1 Å². The summed E-state index contributed by atoms with van der Waals surface area (Å²) in [4.78, 5) is 9.90. The number of hydrogen-bond donors (Lipinski definition) is 1. The number of hydrogen-bond acceptors (Lipinski definition) is 3. The van der Waals surface area contributed by atoms with Gasteiger partial charge in [-0.05, 0) is 71.6 Å². The fourth-order valence-corrected chi connectivity index (χ4v) is 6.14.